The Kier molecular flexibility index (Phi) is 2.61. The van der Waals surface area contributed by atoms with Gasteiger partial charge in [0.05, 0.1) is 11.2 Å². The Morgan fingerprint density at radius 2 is 2.24 bits per heavy atom. The van der Waals surface area contributed by atoms with E-state index in [2.05, 4.69) is 15.5 Å². The molecule has 1 aromatic carbocycles. The van der Waals surface area contributed by atoms with Crippen LogP contribution in [0.25, 0.3) is 10.9 Å². The van der Waals surface area contributed by atoms with Crippen LogP contribution in [-0.2, 0) is 25.2 Å². The number of anilines is 1. The molecule has 3 aromatic rings. The Bertz CT molecular complexity index is 881. The maximum Gasteiger partial charge on any atom is 0.224 e. The number of nitrogens with one attached hydrogen (secondary N) is 1. The topological polar surface area (TPSA) is 64.7 Å². The minimum Gasteiger partial charge on any atom is -0.326 e. The first-order valence-corrected chi connectivity index (χ1v) is 6.59. The fourth-order valence-electron chi connectivity index (χ4n) is 2.19. The minimum absolute atomic E-state index is 0.151. The van der Waals surface area contributed by atoms with E-state index in [1.807, 2.05) is 25.4 Å². The molecular formula is C15H17N5O. The number of amides is 1. The van der Waals surface area contributed by atoms with Crippen molar-refractivity contribution in [2.75, 3.05) is 5.32 Å². The van der Waals surface area contributed by atoms with Gasteiger partial charge >= 0.3 is 0 Å². The first-order chi connectivity index (χ1) is 11.3. The number of carbonyl (C=O) groups excluding carboxylic acids is 1. The van der Waals surface area contributed by atoms with Crippen LogP contribution in [-0.4, -0.2) is 25.5 Å². The van der Waals surface area contributed by atoms with Gasteiger partial charge in [-0.3, -0.25) is 14.2 Å². The van der Waals surface area contributed by atoms with Gasteiger partial charge in [0.2, 0.25) is 5.91 Å². The molecule has 1 amide bonds. The first-order valence-electron chi connectivity index (χ1n) is 8.09. The van der Waals surface area contributed by atoms with Crippen molar-refractivity contribution in [3.8, 4) is 0 Å². The summed E-state index contributed by atoms with van der Waals surface area (Å²) in [5, 5.41) is 12.0. The third-order valence-corrected chi connectivity index (χ3v) is 3.16. The number of aryl methyl sites for hydroxylation is 3. The lowest BCUT2D eigenvalue weighted by atomic mass is 10.2. The number of fused-ring (bicyclic) bond motifs is 1. The Balaban J connectivity index is 1.59. The van der Waals surface area contributed by atoms with E-state index in [9.17, 15) is 4.79 Å². The molecule has 0 saturated carbocycles. The van der Waals surface area contributed by atoms with Gasteiger partial charge in [0, 0.05) is 54.4 Å². The summed E-state index contributed by atoms with van der Waals surface area (Å²) in [7, 11) is 1.84. The van der Waals surface area contributed by atoms with Crippen molar-refractivity contribution in [3.63, 3.8) is 0 Å². The summed E-state index contributed by atoms with van der Waals surface area (Å²) in [6, 6.07) is 7.13. The molecule has 0 radical (unpaired) electrons. The summed E-state index contributed by atoms with van der Waals surface area (Å²) in [5.74, 6) is -0.151. The lowest BCUT2D eigenvalue weighted by Crippen LogP contribution is -2.12. The highest BCUT2D eigenvalue weighted by Crippen LogP contribution is 2.17. The molecule has 0 saturated heterocycles. The van der Waals surface area contributed by atoms with Gasteiger partial charge in [0.15, 0.2) is 0 Å². The van der Waals surface area contributed by atoms with Crippen LogP contribution in [0.2, 0.25) is 0 Å². The third-order valence-electron chi connectivity index (χ3n) is 3.16. The molecular weight excluding hydrogens is 266 g/mol. The predicted molar refractivity (Wildman–Crippen MR) is 80.9 cm³/mol. The molecule has 108 valence electrons. The fourth-order valence-corrected chi connectivity index (χ4v) is 2.19. The summed E-state index contributed by atoms with van der Waals surface area (Å²) in [5.41, 5.74) is 2.14. The van der Waals surface area contributed by atoms with Crippen molar-refractivity contribution in [1.29, 1.82) is 0 Å². The zero-order chi connectivity index (χ0) is 17.3. The van der Waals surface area contributed by atoms with Gasteiger partial charge in [0.1, 0.15) is 0 Å². The van der Waals surface area contributed by atoms with Gasteiger partial charge in [-0.2, -0.15) is 10.2 Å². The fraction of sp³-hybridized carbons (Fsp3) is 0.267. The number of carbonyl (C=O) groups is 1. The quantitative estimate of drug-likeness (QED) is 0.796. The third kappa shape index (κ3) is 3.10. The van der Waals surface area contributed by atoms with Crippen molar-refractivity contribution in [2.24, 2.45) is 14.0 Å². The Morgan fingerprint density at radius 3 is 3.05 bits per heavy atom. The molecule has 0 spiro atoms. The Morgan fingerprint density at radius 1 is 1.33 bits per heavy atom. The molecule has 6 nitrogen and oxygen atoms in total. The molecule has 0 aliphatic heterocycles. The molecule has 3 rings (SSSR count). The highest BCUT2D eigenvalue weighted by atomic mass is 16.1. The normalized spacial score (nSPS) is 13.7. The van der Waals surface area contributed by atoms with E-state index in [4.69, 9.17) is 4.11 Å². The molecule has 0 aliphatic carbocycles. The second-order valence-electron chi connectivity index (χ2n) is 4.88. The van der Waals surface area contributed by atoms with Crippen molar-refractivity contribution >= 4 is 22.5 Å². The average molecular weight is 286 g/mol. The molecule has 2 aromatic heterocycles. The standard InChI is InChI=1S/C15H17N5O/c1-19-8-7-12(17-19)4-6-15(21)16-13-3-5-14-11(9-13)10-20(2)18-14/h3,5,7-10H,4,6H2,1-2H3,(H,16,21)/i1D3. The highest BCUT2D eigenvalue weighted by molar-refractivity contribution is 5.93. The number of aromatic nitrogens is 4. The molecule has 0 aliphatic rings. The van der Waals surface area contributed by atoms with Crippen LogP contribution in [0.5, 0.6) is 0 Å². The summed E-state index contributed by atoms with van der Waals surface area (Å²) >= 11 is 0. The van der Waals surface area contributed by atoms with E-state index in [-0.39, 0.29) is 12.3 Å². The van der Waals surface area contributed by atoms with Crippen molar-refractivity contribution in [1.82, 2.24) is 19.6 Å². The lowest BCUT2D eigenvalue weighted by molar-refractivity contribution is -0.116. The van der Waals surface area contributed by atoms with E-state index in [0.29, 0.717) is 17.8 Å². The van der Waals surface area contributed by atoms with Crippen LogP contribution >= 0.6 is 0 Å². The van der Waals surface area contributed by atoms with Crippen LogP contribution in [0.15, 0.2) is 36.7 Å². The number of nitrogens with zero attached hydrogens (tertiary/aromatic N) is 4. The second kappa shape index (κ2) is 5.40. The van der Waals surface area contributed by atoms with Gasteiger partial charge < -0.3 is 5.32 Å². The van der Waals surface area contributed by atoms with Crippen LogP contribution in [0.3, 0.4) is 0 Å². The largest absolute Gasteiger partial charge is 0.326 e. The molecule has 2 heterocycles. The number of rotatable bonds is 4. The Hall–Kier alpha value is -2.63. The summed E-state index contributed by atoms with van der Waals surface area (Å²) < 4.78 is 24.4. The second-order valence-corrected chi connectivity index (χ2v) is 4.88. The SMILES string of the molecule is [2H]C([2H])([2H])n1ccc(CCC(=O)Nc2ccc3nn(C)cc3c2)n1. The van der Waals surface area contributed by atoms with E-state index in [1.54, 1.807) is 16.8 Å². The monoisotopic (exact) mass is 286 g/mol. The van der Waals surface area contributed by atoms with Crippen LogP contribution in [0, 0.1) is 0 Å². The number of benzene rings is 1. The van der Waals surface area contributed by atoms with Crippen LogP contribution < -0.4 is 5.32 Å². The van der Waals surface area contributed by atoms with Crippen molar-refractivity contribution < 1.29 is 8.91 Å². The molecule has 21 heavy (non-hydrogen) atoms. The number of hydrogen-bond donors (Lipinski definition) is 1. The molecule has 0 fully saturated rings. The average Bonchev–Trinajstić information content (AvgIpc) is 3.09. The van der Waals surface area contributed by atoms with E-state index in [0.717, 1.165) is 15.6 Å². The Labute approximate surface area is 126 Å². The maximum atomic E-state index is 12.1. The molecule has 0 unspecified atom stereocenters. The van der Waals surface area contributed by atoms with E-state index in [1.165, 1.54) is 6.20 Å². The predicted octanol–water partition coefficient (Wildman–Crippen LogP) is 1.88. The van der Waals surface area contributed by atoms with Crippen LogP contribution in [0.4, 0.5) is 5.69 Å². The van der Waals surface area contributed by atoms with E-state index >= 15 is 0 Å². The van der Waals surface area contributed by atoms with Gasteiger partial charge in [-0.25, -0.2) is 0 Å². The summed E-state index contributed by atoms with van der Waals surface area (Å²) in [6.45, 7) is -2.29. The molecule has 0 atom stereocenters. The zero-order valence-corrected chi connectivity index (χ0v) is 11.6. The smallest absolute Gasteiger partial charge is 0.224 e. The van der Waals surface area contributed by atoms with Crippen LogP contribution in [0.1, 0.15) is 16.2 Å². The molecule has 6 heteroatoms. The van der Waals surface area contributed by atoms with Crippen molar-refractivity contribution in [2.45, 2.75) is 12.8 Å². The minimum atomic E-state index is -2.29. The zero-order valence-electron chi connectivity index (χ0n) is 14.6. The van der Waals surface area contributed by atoms with E-state index < -0.39 is 6.98 Å². The lowest BCUT2D eigenvalue weighted by Gasteiger charge is -2.04. The summed E-state index contributed by atoms with van der Waals surface area (Å²) in [4.78, 5) is 12.1. The number of hydrogen-bond acceptors (Lipinski definition) is 3. The highest BCUT2D eigenvalue weighted by Gasteiger charge is 2.06. The van der Waals surface area contributed by atoms with Gasteiger partial charge in [-0.1, -0.05) is 0 Å². The maximum absolute atomic E-state index is 12.1. The van der Waals surface area contributed by atoms with Gasteiger partial charge in [0.25, 0.3) is 0 Å². The summed E-state index contributed by atoms with van der Waals surface area (Å²) in [6.07, 6.45) is 3.89. The molecule has 1 N–H and O–H groups in total. The molecule has 0 bridgehead atoms. The van der Waals surface area contributed by atoms with Crippen molar-refractivity contribution in [3.05, 3.63) is 42.4 Å². The van der Waals surface area contributed by atoms with Gasteiger partial charge in [-0.15, -0.1) is 0 Å². The first kappa shape index (κ1) is 10.1. The van der Waals surface area contributed by atoms with Gasteiger partial charge in [-0.05, 0) is 24.3 Å².